The number of rotatable bonds is 17. The molecule has 12 nitrogen and oxygen atoms in total. The Balaban J connectivity index is 1.45. The highest BCUT2D eigenvalue weighted by molar-refractivity contribution is 7.44. The smallest absolute Gasteiger partial charge is 0.355 e. The molecule has 0 N–H and O–H groups in total. The van der Waals surface area contributed by atoms with Gasteiger partial charge in [-0.3, -0.25) is 4.40 Å². The van der Waals surface area contributed by atoms with Gasteiger partial charge in [-0.05, 0) is 81.6 Å². The van der Waals surface area contributed by atoms with Gasteiger partial charge in [-0.25, -0.2) is 14.4 Å². The second-order valence-corrected chi connectivity index (χ2v) is 15.5. The van der Waals surface area contributed by atoms with E-state index in [9.17, 15) is 10.1 Å². The summed E-state index contributed by atoms with van der Waals surface area (Å²) < 4.78 is 42.5. The summed E-state index contributed by atoms with van der Waals surface area (Å²) in [6, 6.07) is 32.0. The first-order chi connectivity index (χ1) is 27.1. The van der Waals surface area contributed by atoms with Crippen LogP contribution in [0.25, 0.3) is 5.65 Å². The number of hydrogen-bond donors (Lipinski definition) is 0. The van der Waals surface area contributed by atoms with E-state index in [1.54, 1.807) is 33.4 Å². The predicted molar refractivity (Wildman–Crippen MR) is 215 cm³/mol. The third-order valence-corrected chi connectivity index (χ3v) is 12.0. The number of aromatic nitrogens is 3. The summed E-state index contributed by atoms with van der Waals surface area (Å²) in [6.07, 6.45) is 0.708. The van der Waals surface area contributed by atoms with Crippen molar-refractivity contribution in [2.45, 2.75) is 83.5 Å². The minimum atomic E-state index is -1.63. The maximum Gasteiger partial charge on any atom is 0.355 e. The summed E-state index contributed by atoms with van der Waals surface area (Å²) in [5.41, 5.74) is 2.39. The van der Waals surface area contributed by atoms with E-state index in [-0.39, 0.29) is 31.7 Å². The van der Waals surface area contributed by atoms with Crippen molar-refractivity contribution < 1.29 is 28.0 Å². The summed E-state index contributed by atoms with van der Waals surface area (Å²) in [6.45, 7) is 10.5. The first-order valence-corrected chi connectivity index (χ1v) is 20.0. The molecule has 0 spiro atoms. The van der Waals surface area contributed by atoms with Gasteiger partial charge in [0.05, 0.1) is 52.1 Å². The number of nitriles is 1. The van der Waals surface area contributed by atoms with E-state index in [0.717, 1.165) is 33.8 Å². The van der Waals surface area contributed by atoms with Gasteiger partial charge in [0.1, 0.15) is 34.7 Å². The van der Waals surface area contributed by atoms with Gasteiger partial charge in [0.2, 0.25) is 0 Å². The van der Waals surface area contributed by atoms with Crippen LogP contribution in [0.4, 0.5) is 0 Å². The highest BCUT2D eigenvalue weighted by Gasteiger charge is 2.45. The molecule has 0 saturated carbocycles. The summed E-state index contributed by atoms with van der Waals surface area (Å²) in [5.74, 6) is 1.82. The fraction of sp³-hybridized carbons (Fsp3) is 0.395. The molecule has 1 aliphatic rings. The average Bonchev–Trinajstić information content (AvgIpc) is 3.60. The Hall–Kier alpha value is -4.73. The molecule has 2 aromatic heterocycles. The van der Waals surface area contributed by atoms with Gasteiger partial charge in [-0.15, -0.1) is 0 Å². The third-order valence-electron chi connectivity index (χ3n) is 9.80. The SMILES string of the molecule is COc1ccc(C(OC[C@H]2O[C@@H](c3cccn4c(=O)nc(C)nc34)C[C@@H]2OP(OCCC#N)N(C(C)C)C(C)C)(c2ccccc2)c2ccc(OC)cc2)cc1. The van der Waals surface area contributed by atoms with Crippen LogP contribution in [0, 0.1) is 18.3 Å². The lowest BCUT2D eigenvalue weighted by atomic mass is 9.80. The Labute approximate surface area is 329 Å². The topological polar surface area (TPSA) is 130 Å². The first kappa shape index (κ1) is 40.9. The van der Waals surface area contributed by atoms with Crippen LogP contribution in [-0.2, 0) is 24.1 Å². The Morgan fingerprint density at radius 1 is 0.893 bits per heavy atom. The highest BCUT2D eigenvalue weighted by atomic mass is 31.2. The Morgan fingerprint density at radius 3 is 2.07 bits per heavy atom. The normalized spacial score (nSPS) is 17.8. The Morgan fingerprint density at radius 2 is 1.50 bits per heavy atom. The molecule has 0 bridgehead atoms. The number of benzene rings is 3. The lowest BCUT2D eigenvalue weighted by molar-refractivity contribution is -0.0805. The molecule has 3 aromatic carbocycles. The number of fused-ring (bicyclic) bond motifs is 1. The molecule has 0 radical (unpaired) electrons. The number of aryl methyl sites for hydroxylation is 1. The molecular formula is C43H50N5O7P. The molecular weight excluding hydrogens is 729 g/mol. The lowest BCUT2D eigenvalue weighted by Gasteiger charge is -2.39. The quantitative estimate of drug-likeness (QED) is 0.0519. The van der Waals surface area contributed by atoms with Gasteiger partial charge >= 0.3 is 5.69 Å². The van der Waals surface area contributed by atoms with Crippen LogP contribution in [0.15, 0.2) is 102 Å². The van der Waals surface area contributed by atoms with Crippen molar-refractivity contribution in [3.8, 4) is 17.6 Å². The van der Waals surface area contributed by atoms with Gasteiger partial charge in [0, 0.05) is 30.3 Å². The number of nitrogens with zero attached hydrogens (tertiary/aromatic N) is 5. The second kappa shape index (κ2) is 18.5. The van der Waals surface area contributed by atoms with Crippen LogP contribution in [0.2, 0.25) is 0 Å². The van der Waals surface area contributed by atoms with E-state index in [1.807, 2.05) is 72.8 Å². The fourth-order valence-electron chi connectivity index (χ4n) is 7.28. The maximum atomic E-state index is 12.9. The van der Waals surface area contributed by atoms with Gasteiger partial charge < -0.3 is 28.0 Å². The van der Waals surface area contributed by atoms with E-state index in [4.69, 9.17) is 28.0 Å². The number of hydrogen-bond acceptors (Lipinski definition) is 11. The largest absolute Gasteiger partial charge is 0.497 e. The lowest BCUT2D eigenvalue weighted by Crippen LogP contribution is -2.39. The molecule has 0 aliphatic carbocycles. The minimum Gasteiger partial charge on any atom is -0.497 e. The van der Waals surface area contributed by atoms with Gasteiger partial charge in [-0.1, -0.05) is 60.7 Å². The Kier molecular flexibility index (Phi) is 13.5. The molecule has 5 aromatic rings. The van der Waals surface area contributed by atoms with Crippen molar-refractivity contribution in [1.29, 1.82) is 5.26 Å². The van der Waals surface area contributed by atoms with Crippen LogP contribution in [0.1, 0.15) is 74.7 Å². The van der Waals surface area contributed by atoms with Crippen molar-refractivity contribution in [2.75, 3.05) is 27.4 Å². The maximum absolute atomic E-state index is 12.9. The second-order valence-electron chi connectivity index (χ2n) is 14.1. The molecule has 4 atom stereocenters. The predicted octanol–water partition coefficient (Wildman–Crippen LogP) is 7.92. The Bertz CT molecular complexity index is 2090. The number of methoxy groups -OCH3 is 2. The van der Waals surface area contributed by atoms with Crippen LogP contribution in [-0.4, -0.2) is 70.8 Å². The monoisotopic (exact) mass is 779 g/mol. The molecule has 1 unspecified atom stereocenters. The zero-order chi connectivity index (χ0) is 39.8. The summed E-state index contributed by atoms with van der Waals surface area (Å²) in [7, 11) is 1.66. The molecule has 1 aliphatic heterocycles. The zero-order valence-corrected chi connectivity index (χ0v) is 33.9. The molecule has 0 amide bonds. The summed E-state index contributed by atoms with van der Waals surface area (Å²) in [5, 5.41) is 9.37. The van der Waals surface area contributed by atoms with Crippen molar-refractivity contribution in [2.24, 2.45) is 0 Å². The van der Waals surface area contributed by atoms with Gasteiger partial charge in [-0.2, -0.15) is 10.2 Å². The van der Waals surface area contributed by atoms with Crippen molar-refractivity contribution in [3.63, 3.8) is 0 Å². The van der Waals surface area contributed by atoms with E-state index in [0.29, 0.717) is 17.9 Å². The summed E-state index contributed by atoms with van der Waals surface area (Å²) in [4.78, 5) is 21.6. The number of pyridine rings is 1. The van der Waals surface area contributed by atoms with Crippen LogP contribution in [0.5, 0.6) is 11.5 Å². The standard InChI is InChI=1S/C43H50N5O7P/c1-29(2)48(30(3)4)56(53-26-12-24-44)55-39-27-38(37-15-11-25-47-41(37)45-31(5)46-42(47)49)54-40(39)28-52-43(32-13-9-8-10-14-32,33-16-20-35(50-6)21-17-33)34-18-22-36(51-7)23-19-34/h8-11,13-23,25,29-30,38-40H,12,26-28H2,1-7H3/t38-,39+,40-,56?/m1/s1. The molecule has 1 fully saturated rings. The molecule has 56 heavy (non-hydrogen) atoms. The average molecular weight is 780 g/mol. The molecule has 6 rings (SSSR count). The van der Waals surface area contributed by atoms with E-state index in [2.05, 4.69) is 60.5 Å². The van der Waals surface area contributed by atoms with Crippen LogP contribution >= 0.6 is 8.53 Å². The molecule has 1 saturated heterocycles. The first-order valence-electron chi connectivity index (χ1n) is 18.8. The van der Waals surface area contributed by atoms with Gasteiger partial charge in [0.15, 0.2) is 0 Å². The molecule has 294 valence electrons. The highest BCUT2D eigenvalue weighted by Crippen LogP contribution is 2.51. The fourth-order valence-corrected chi connectivity index (χ4v) is 9.04. The minimum absolute atomic E-state index is 0.0940. The van der Waals surface area contributed by atoms with E-state index >= 15 is 0 Å². The molecule has 3 heterocycles. The van der Waals surface area contributed by atoms with Crippen molar-refractivity contribution >= 4 is 14.2 Å². The van der Waals surface area contributed by atoms with Crippen LogP contribution in [0.3, 0.4) is 0 Å². The molecule has 13 heteroatoms. The van der Waals surface area contributed by atoms with E-state index < -0.39 is 38.1 Å². The van der Waals surface area contributed by atoms with Crippen LogP contribution < -0.4 is 15.2 Å². The van der Waals surface area contributed by atoms with Crippen molar-refractivity contribution in [1.82, 2.24) is 19.0 Å². The zero-order valence-electron chi connectivity index (χ0n) is 33.0. The third kappa shape index (κ3) is 8.79. The van der Waals surface area contributed by atoms with Crippen molar-refractivity contribution in [3.05, 3.63) is 136 Å². The number of ether oxygens (including phenoxy) is 4. The summed E-state index contributed by atoms with van der Waals surface area (Å²) >= 11 is 0. The van der Waals surface area contributed by atoms with Gasteiger partial charge in [0.25, 0.3) is 8.53 Å². The van der Waals surface area contributed by atoms with E-state index in [1.165, 1.54) is 4.40 Å².